The number of ether oxygens (including phenoxy) is 1. The van der Waals surface area contributed by atoms with Crippen LogP contribution >= 0.6 is 11.3 Å². The van der Waals surface area contributed by atoms with Crippen molar-refractivity contribution in [2.45, 2.75) is 19.6 Å². The second-order valence-electron chi connectivity index (χ2n) is 5.97. The number of rotatable bonds is 5. The molecule has 2 N–H and O–H groups in total. The van der Waals surface area contributed by atoms with E-state index in [1.165, 1.54) is 19.1 Å². The Morgan fingerprint density at radius 2 is 1.86 bits per heavy atom. The molecule has 0 aliphatic rings. The van der Waals surface area contributed by atoms with Gasteiger partial charge in [-0.15, -0.1) is 11.3 Å². The van der Waals surface area contributed by atoms with E-state index >= 15 is 0 Å². The molecule has 0 radical (unpaired) electrons. The SMILES string of the molecule is C[C@@H](OC(=O)c1cc2c(F)cccc2s1)C(=O)NC(=O)NCc1ccccc1. The van der Waals surface area contributed by atoms with Crippen molar-refractivity contribution in [2.24, 2.45) is 0 Å². The van der Waals surface area contributed by atoms with Crippen molar-refractivity contribution >= 4 is 39.3 Å². The molecule has 0 saturated carbocycles. The van der Waals surface area contributed by atoms with E-state index in [9.17, 15) is 18.8 Å². The summed E-state index contributed by atoms with van der Waals surface area (Å²) in [7, 11) is 0. The summed E-state index contributed by atoms with van der Waals surface area (Å²) in [5.41, 5.74) is 0.876. The predicted octanol–water partition coefficient (Wildman–Crippen LogP) is 3.61. The quantitative estimate of drug-likeness (QED) is 0.641. The summed E-state index contributed by atoms with van der Waals surface area (Å²) in [5.74, 6) is -1.95. The van der Waals surface area contributed by atoms with Crippen molar-refractivity contribution < 1.29 is 23.5 Å². The number of thiophene rings is 1. The number of hydrogen-bond donors (Lipinski definition) is 2. The van der Waals surface area contributed by atoms with Crippen molar-refractivity contribution in [1.29, 1.82) is 0 Å². The van der Waals surface area contributed by atoms with Crippen LogP contribution in [0.25, 0.3) is 10.1 Å². The van der Waals surface area contributed by atoms with Gasteiger partial charge in [0.15, 0.2) is 6.10 Å². The molecular formula is C20H17FN2O4S. The minimum absolute atomic E-state index is 0.174. The summed E-state index contributed by atoms with van der Waals surface area (Å²) in [6.45, 7) is 1.60. The Morgan fingerprint density at radius 3 is 2.57 bits per heavy atom. The van der Waals surface area contributed by atoms with E-state index in [-0.39, 0.29) is 11.4 Å². The third-order valence-electron chi connectivity index (χ3n) is 3.90. The van der Waals surface area contributed by atoms with Gasteiger partial charge in [-0.3, -0.25) is 10.1 Å². The van der Waals surface area contributed by atoms with Gasteiger partial charge < -0.3 is 10.1 Å². The van der Waals surface area contributed by atoms with Crippen LogP contribution in [0.2, 0.25) is 0 Å². The molecule has 3 aromatic rings. The van der Waals surface area contributed by atoms with Crippen molar-refractivity contribution in [2.75, 3.05) is 0 Å². The number of carbonyl (C=O) groups excluding carboxylic acids is 3. The van der Waals surface area contributed by atoms with Gasteiger partial charge >= 0.3 is 12.0 Å². The Bertz CT molecular complexity index is 1020. The summed E-state index contributed by atoms with van der Waals surface area (Å²) in [6, 6.07) is 14.4. The molecule has 3 rings (SSSR count). The van der Waals surface area contributed by atoms with Crippen LogP contribution in [0.1, 0.15) is 22.2 Å². The topological polar surface area (TPSA) is 84.5 Å². The Kier molecular flexibility index (Phi) is 6.00. The minimum Gasteiger partial charge on any atom is -0.448 e. The second kappa shape index (κ2) is 8.62. The Labute approximate surface area is 164 Å². The fraction of sp³-hybridized carbons (Fsp3) is 0.150. The van der Waals surface area contributed by atoms with E-state index in [1.54, 1.807) is 12.1 Å². The molecule has 1 heterocycles. The van der Waals surface area contributed by atoms with Crippen molar-refractivity contribution in [3.05, 3.63) is 70.9 Å². The average molecular weight is 400 g/mol. The van der Waals surface area contributed by atoms with Gasteiger partial charge in [0, 0.05) is 16.6 Å². The lowest BCUT2D eigenvalue weighted by atomic mass is 10.2. The second-order valence-corrected chi connectivity index (χ2v) is 7.05. The fourth-order valence-electron chi connectivity index (χ4n) is 2.43. The lowest BCUT2D eigenvalue weighted by molar-refractivity contribution is -0.127. The Balaban J connectivity index is 1.53. The van der Waals surface area contributed by atoms with Crippen LogP contribution in [0.4, 0.5) is 9.18 Å². The maximum Gasteiger partial charge on any atom is 0.349 e. The molecule has 0 unspecified atom stereocenters. The third kappa shape index (κ3) is 4.72. The molecule has 0 fully saturated rings. The van der Waals surface area contributed by atoms with Crippen LogP contribution < -0.4 is 10.6 Å². The first kappa shape index (κ1) is 19.5. The monoisotopic (exact) mass is 400 g/mol. The highest BCUT2D eigenvalue weighted by atomic mass is 32.1. The number of urea groups is 1. The lowest BCUT2D eigenvalue weighted by Crippen LogP contribution is -2.44. The van der Waals surface area contributed by atoms with Gasteiger partial charge in [-0.2, -0.15) is 0 Å². The number of esters is 1. The maximum absolute atomic E-state index is 13.7. The minimum atomic E-state index is -1.19. The zero-order chi connectivity index (χ0) is 20.1. The molecule has 144 valence electrons. The molecule has 0 aliphatic heterocycles. The lowest BCUT2D eigenvalue weighted by Gasteiger charge is -2.12. The van der Waals surface area contributed by atoms with Gasteiger partial charge in [0.25, 0.3) is 5.91 Å². The van der Waals surface area contributed by atoms with Crippen molar-refractivity contribution in [3.63, 3.8) is 0 Å². The smallest absolute Gasteiger partial charge is 0.349 e. The number of fused-ring (bicyclic) bond motifs is 1. The number of amides is 3. The van der Waals surface area contributed by atoms with Crippen LogP contribution in [0.5, 0.6) is 0 Å². The highest BCUT2D eigenvalue weighted by molar-refractivity contribution is 7.20. The van der Waals surface area contributed by atoms with Gasteiger partial charge in [-0.1, -0.05) is 36.4 Å². The first-order chi connectivity index (χ1) is 13.4. The van der Waals surface area contributed by atoms with Crippen LogP contribution in [0.15, 0.2) is 54.6 Å². The van der Waals surface area contributed by atoms with Crippen LogP contribution in [0, 0.1) is 5.82 Å². The molecule has 1 aromatic heterocycles. The molecule has 0 saturated heterocycles. The maximum atomic E-state index is 13.7. The summed E-state index contributed by atoms with van der Waals surface area (Å²) in [5, 5.41) is 4.98. The first-order valence-electron chi connectivity index (χ1n) is 8.45. The molecule has 6 nitrogen and oxygen atoms in total. The largest absolute Gasteiger partial charge is 0.448 e. The van der Waals surface area contributed by atoms with E-state index < -0.39 is 29.8 Å². The van der Waals surface area contributed by atoms with Gasteiger partial charge in [0.1, 0.15) is 10.7 Å². The number of benzene rings is 2. The number of carbonyl (C=O) groups is 3. The van der Waals surface area contributed by atoms with Gasteiger partial charge in [0.05, 0.1) is 0 Å². The molecule has 1 atom stereocenters. The van der Waals surface area contributed by atoms with Gasteiger partial charge in [0.2, 0.25) is 0 Å². The molecule has 3 amide bonds. The first-order valence-corrected chi connectivity index (χ1v) is 9.27. The molecule has 0 aliphatic carbocycles. The zero-order valence-corrected chi connectivity index (χ0v) is 15.7. The van der Waals surface area contributed by atoms with Gasteiger partial charge in [-0.25, -0.2) is 14.0 Å². The number of hydrogen-bond acceptors (Lipinski definition) is 5. The molecule has 2 aromatic carbocycles. The van der Waals surface area contributed by atoms with Crippen molar-refractivity contribution in [1.82, 2.24) is 10.6 Å². The summed E-state index contributed by atoms with van der Waals surface area (Å²) in [6.07, 6.45) is -1.19. The van der Waals surface area contributed by atoms with Gasteiger partial charge in [-0.05, 0) is 30.7 Å². The highest BCUT2D eigenvalue weighted by Crippen LogP contribution is 2.28. The third-order valence-corrected chi connectivity index (χ3v) is 4.98. The molecule has 28 heavy (non-hydrogen) atoms. The standard InChI is InChI=1S/C20H17FN2O4S/c1-12(18(24)23-20(26)22-11-13-6-3-2-4-7-13)27-19(25)17-10-14-15(21)8-5-9-16(14)28-17/h2-10,12H,11H2,1H3,(H2,22,23,24,26)/t12-/m1/s1. The van der Waals surface area contributed by atoms with Crippen LogP contribution in [0.3, 0.4) is 0 Å². The summed E-state index contributed by atoms with van der Waals surface area (Å²) in [4.78, 5) is 36.3. The average Bonchev–Trinajstić information content (AvgIpc) is 3.13. The Hall–Kier alpha value is -3.26. The normalized spacial score (nSPS) is 11.6. The molecular weight excluding hydrogens is 383 g/mol. The molecule has 0 bridgehead atoms. The van der Waals surface area contributed by atoms with Crippen molar-refractivity contribution in [3.8, 4) is 0 Å². The van der Waals surface area contributed by atoms with E-state index in [0.29, 0.717) is 10.1 Å². The molecule has 8 heteroatoms. The van der Waals surface area contributed by atoms with E-state index in [0.717, 1.165) is 16.9 Å². The highest BCUT2D eigenvalue weighted by Gasteiger charge is 2.22. The number of halogens is 1. The Morgan fingerprint density at radius 1 is 1.11 bits per heavy atom. The van der Waals surface area contributed by atoms with E-state index in [2.05, 4.69) is 10.6 Å². The number of imide groups is 1. The predicted molar refractivity (Wildman–Crippen MR) is 103 cm³/mol. The summed E-state index contributed by atoms with van der Waals surface area (Å²) >= 11 is 1.07. The fourth-order valence-corrected chi connectivity index (χ4v) is 3.39. The van der Waals surface area contributed by atoms with E-state index in [1.807, 2.05) is 30.3 Å². The van der Waals surface area contributed by atoms with Crippen LogP contribution in [-0.2, 0) is 16.1 Å². The molecule has 0 spiro atoms. The van der Waals surface area contributed by atoms with Crippen LogP contribution in [-0.4, -0.2) is 24.0 Å². The number of nitrogens with one attached hydrogen (secondary N) is 2. The summed E-state index contributed by atoms with van der Waals surface area (Å²) < 4.78 is 19.4. The van der Waals surface area contributed by atoms with E-state index in [4.69, 9.17) is 4.74 Å². The zero-order valence-electron chi connectivity index (χ0n) is 14.9.